The minimum absolute atomic E-state index is 0.384. The number of hydrogen-bond donors (Lipinski definition) is 2. The van der Waals surface area contributed by atoms with Gasteiger partial charge in [-0.15, -0.1) is 0 Å². The highest BCUT2D eigenvalue weighted by Crippen LogP contribution is 2.20. The molecule has 0 saturated heterocycles. The molecule has 1 aromatic heterocycles. The molecule has 0 aliphatic carbocycles. The number of aromatic nitrogens is 2. The number of rotatable bonds is 7. The molecule has 3 nitrogen and oxygen atoms in total. The SMILES string of the molecule is CCCNC(CC(C)CC)c1ncc[nH]1. The molecule has 0 aliphatic heterocycles. The summed E-state index contributed by atoms with van der Waals surface area (Å²) in [6.07, 6.45) is 7.27. The molecule has 0 saturated carbocycles. The van der Waals surface area contributed by atoms with Crippen LogP contribution in [0.3, 0.4) is 0 Å². The monoisotopic (exact) mass is 209 g/mol. The standard InChI is InChI=1S/C12H23N3/c1-4-6-13-11(9-10(3)5-2)12-14-7-8-15-12/h7-8,10-11,13H,4-6,9H2,1-3H3,(H,14,15). The van der Waals surface area contributed by atoms with Crippen LogP contribution in [0.1, 0.15) is 51.9 Å². The number of imidazole rings is 1. The minimum atomic E-state index is 0.384. The third-order valence-electron chi connectivity index (χ3n) is 2.83. The summed E-state index contributed by atoms with van der Waals surface area (Å²) in [5.74, 6) is 1.81. The first-order chi connectivity index (χ1) is 7.27. The van der Waals surface area contributed by atoms with Gasteiger partial charge in [-0.1, -0.05) is 27.2 Å². The lowest BCUT2D eigenvalue weighted by atomic mass is 9.99. The highest BCUT2D eigenvalue weighted by atomic mass is 15.0. The van der Waals surface area contributed by atoms with Crippen LogP contribution in [0, 0.1) is 5.92 Å². The predicted octanol–water partition coefficient (Wildman–Crippen LogP) is 2.89. The van der Waals surface area contributed by atoms with Crippen molar-refractivity contribution in [3.05, 3.63) is 18.2 Å². The lowest BCUT2D eigenvalue weighted by molar-refractivity contribution is 0.391. The van der Waals surface area contributed by atoms with Gasteiger partial charge >= 0.3 is 0 Å². The molecule has 1 rings (SSSR count). The Morgan fingerprint density at radius 2 is 2.27 bits per heavy atom. The van der Waals surface area contributed by atoms with E-state index in [1.165, 1.54) is 6.42 Å². The van der Waals surface area contributed by atoms with Gasteiger partial charge in [-0.3, -0.25) is 0 Å². The Bertz CT molecular complexity index is 243. The molecule has 2 atom stereocenters. The van der Waals surface area contributed by atoms with Crippen molar-refractivity contribution in [1.82, 2.24) is 15.3 Å². The van der Waals surface area contributed by atoms with E-state index < -0.39 is 0 Å². The fourth-order valence-electron chi connectivity index (χ4n) is 1.65. The van der Waals surface area contributed by atoms with E-state index in [0.29, 0.717) is 6.04 Å². The van der Waals surface area contributed by atoms with Crippen LogP contribution in [0.4, 0.5) is 0 Å². The van der Waals surface area contributed by atoms with Crippen LogP contribution in [0.15, 0.2) is 12.4 Å². The van der Waals surface area contributed by atoms with E-state index in [1.54, 1.807) is 0 Å². The summed E-state index contributed by atoms with van der Waals surface area (Å²) in [7, 11) is 0. The van der Waals surface area contributed by atoms with Crippen LogP contribution < -0.4 is 5.32 Å². The Morgan fingerprint density at radius 3 is 2.80 bits per heavy atom. The minimum Gasteiger partial charge on any atom is -0.347 e. The summed E-state index contributed by atoms with van der Waals surface area (Å²) in [5.41, 5.74) is 0. The summed E-state index contributed by atoms with van der Waals surface area (Å²) >= 11 is 0. The van der Waals surface area contributed by atoms with Gasteiger partial charge in [-0.2, -0.15) is 0 Å². The number of nitrogens with zero attached hydrogens (tertiary/aromatic N) is 1. The number of H-pyrrole nitrogens is 1. The summed E-state index contributed by atoms with van der Waals surface area (Å²) in [6, 6.07) is 0.384. The van der Waals surface area contributed by atoms with Gasteiger partial charge in [0.1, 0.15) is 5.82 Å². The Morgan fingerprint density at radius 1 is 1.47 bits per heavy atom. The van der Waals surface area contributed by atoms with Crippen LogP contribution in [-0.2, 0) is 0 Å². The van der Waals surface area contributed by atoms with E-state index >= 15 is 0 Å². The molecular weight excluding hydrogens is 186 g/mol. The first-order valence-corrected chi connectivity index (χ1v) is 6.00. The zero-order valence-electron chi connectivity index (χ0n) is 10.1. The zero-order valence-corrected chi connectivity index (χ0v) is 10.1. The van der Waals surface area contributed by atoms with Gasteiger partial charge in [-0.05, 0) is 25.3 Å². The number of nitrogens with one attached hydrogen (secondary N) is 2. The highest BCUT2D eigenvalue weighted by molar-refractivity contribution is 4.95. The fourth-order valence-corrected chi connectivity index (χ4v) is 1.65. The van der Waals surface area contributed by atoms with Crippen molar-refractivity contribution in [2.45, 2.75) is 46.1 Å². The van der Waals surface area contributed by atoms with Crippen LogP contribution in [0.5, 0.6) is 0 Å². The molecule has 0 fully saturated rings. The normalized spacial score (nSPS) is 15.1. The van der Waals surface area contributed by atoms with Crippen molar-refractivity contribution in [2.24, 2.45) is 5.92 Å². The Labute approximate surface area is 92.7 Å². The second-order valence-corrected chi connectivity index (χ2v) is 4.23. The topological polar surface area (TPSA) is 40.7 Å². The predicted molar refractivity (Wildman–Crippen MR) is 63.7 cm³/mol. The summed E-state index contributed by atoms with van der Waals surface area (Å²) < 4.78 is 0. The molecule has 2 unspecified atom stereocenters. The average Bonchev–Trinajstić information content (AvgIpc) is 2.77. The number of aromatic amines is 1. The first-order valence-electron chi connectivity index (χ1n) is 6.00. The number of hydrogen-bond acceptors (Lipinski definition) is 2. The van der Waals surface area contributed by atoms with Gasteiger partial charge in [0.05, 0.1) is 6.04 Å². The summed E-state index contributed by atoms with van der Waals surface area (Å²) in [5, 5.41) is 3.54. The van der Waals surface area contributed by atoms with Crippen molar-refractivity contribution < 1.29 is 0 Å². The summed E-state index contributed by atoms with van der Waals surface area (Å²) in [6.45, 7) is 7.78. The van der Waals surface area contributed by atoms with Crippen LogP contribution in [0.2, 0.25) is 0 Å². The van der Waals surface area contributed by atoms with E-state index in [0.717, 1.165) is 31.1 Å². The second-order valence-electron chi connectivity index (χ2n) is 4.23. The molecule has 0 bridgehead atoms. The van der Waals surface area contributed by atoms with Crippen molar-refractivity contribution in [2.75, 3.05) is 6.54 Å². The van der Waals surface area contributed by atoms with Crippen molar-refractivity contribution >= 4 is 0 Å². The maximum atomic E-state index is 4.34. The van der Waals surface area contributed by atoms with E-state index in [-0.39, 0.29) is 0 Å². The van der Waals surface area contributed by atoms with Crippen LogP contribution in [0.25, 0.3) is 0 Å². The van der Waals surface area contributed by atoms with Crippen LogP contribution in [-0.4, -0.2) is 16.5 Å². The zero-order chi connectivity index (χ0) is 11.1. The third kappa shape index (κ3) is 4.04. The summed E-state index contributed by atoms with van der Waals surface area (Å²) in [4.78, 5) is 7.54. The Kier molecular flexibility index (Phi) is 5.40. The molecule has 0 spiro atoms. The third-order valence-corrected chi connectivity index (χ3v) is 2.83. The Hall–Kier alpha value is -0.830. The molecule has 3 heteroatoms. The maximum Gasteiger partial charge on any atom is 0.123 e. The molecule has 15 heavy (non-hydrogen) atoms. The molecule has 0 aromatic carbocycles. The van der Waals surface area contributed by atoms with Crippen molar-refractivity contribution in [3.63, 3.8) is 0 Å². The van der Waals surface area contributed by atoms with Crippen molar-refractivity contribution in [3.8, 4) is 0 Å². The van der Waals surface area contributed by atoms with Gasteiger partial charge in [0.25, 0.3) is 0 Å². The van der Waals surface area contributed by atoms with Gasteiger partial charge in [0, 0.05) is 12.4 Å². The van der Waals surface area contributed by atoms with Gasteiger partial charge in [0.2, 0.25) is 0 Å². The van der Waals surface area contributed by atoms with E-state index in [4.69, 9.17) is 0 Å². The molecule has 2 N–H and O–H groups in total. The quantitative estimate of drug-likeness (QED) is 0.725. The van der Waals surface area contributed by atoms with E-state index in [9.17, 15) is 0 Å². The lowest BCUT2D eigenvalue weighted by Gasteiger charge is -2.19. The average molecular weight is 209 g/mol. The lowest BCUT2D eigenvalue weighted by Crippen LogP contribution is -2.24. The fraction of sp³-hybridized carbons (Fsp3) is 0.750. The van der Waals surface area contributed by atoms with Crippen LogP contribution >= 0.6 is 0 Å². The van der Waals surface area contributed by atoms with Gasteiger partial charge in [-0.25, -0.2) is 4.98 Å². The van der Waals surface area contributed by atoms with Gasteiger partial charge < -0.3 is 10.3 Å². The van der Waals surface area contributed by atoms with E-state index in [2.05, 4.69) is 36.1 Å². The van der Waals surface area contributed by atoms with Crippen molar-refractivity contribution in [1.29, 1.82) is 0 Å². The Balaban J connectivity index is 2.53. The first kappa shape index (κ1) is 12.2. The molecular formula is C12H23N3. The molecule has 1 aromatic rings. The molecule has 86 valence electrons. The second kappa shape index (κ2) is 6.62. The molecule has 0 amide bonds. The maximum absolute atomic E-state index is 4.34. The highest BCUT2D eigenvalue weighted by Gasteiger charge is 2.15. The smallest absolute Gasteiger partial charge is 0.123 e. The van der Waals surface area contributed by atoms with E-state index in [1.807, 2.05) is 12.4 Å². The molecule has 1 heterocycles. The molecule has 0 radical (unpaired) electrons. The largest absolute Gasteiger partial charge is 0.347 e. The van der Waals surface area contributed by atoms with Gasteiger partial charge in [0.15, 0.2) is 0 Å². The molecule has 0 aliphatic rings.